The number of fused-ring (bicyclic) bond motifs is 1. The van der Waals surface area contributed by atoms with Crippen LogP contribution in [0.15, 0.2) is 35.5 Å². The molecule has 0 saturated heterocycles. The summed E-state index contributed by atoms with van der Waals surface area (Å²) < 4.78 is 22.1. The van der Waals surface area contributed by atoms with Crippen molar-refractivity contribution in [3.05, 3.63) is 46.5 Å². The summed E-state index contributed by atoms with van der Waals surface area (Å²) in [4.78, 5) is 5.66. The summed E-state index contributed by atoms with van der Waals surface area (Å²) in [7, 11) is 3.23. The van der Waals surface area contributed by atoms with Gasteiger partial charge >= 0.3 is 0 Å². The number of oxime groups is 1. The van der Waals surface area contributed by atoms with Crippen LogP contribution in [0.3, 0.4) is 0 Å². The zero-order chi connectivity index (χ0) is 20.9. The van der Waals surface area contributed by atoms with Gasteiger partial charge in [0.1, 0.15) is 6.10 Å². The molecule has 0 bridgehead atoms. The fraction of sp³-hybridized carbons (Fsp3) is 0.409. The van der Waals surface area contributed by atoms with Crippen LogP contribution in [0.5, 0.6) is 23.0 Å². The number of halogens is 1. The molecule has 7 nitrogen and oxygen atoms in total. The number of hydrogen-bond donors (Lipinski definition) is 1. The van der Waals surface area contributed by atoms with Crippen LogP contribution in [0, 0.1) is 0 Å². The maximum absolute atomic E-state index is 5.92. The van der Waals surface area contributed by atoms with Crippen molar-refractivity contribution >= 4 is 17.3 Å². The van der Waals surface area contributed by atoms with Crippen LogP contribution in [0.2, 0.25) is 5.02 Å². The Hall–Kier alpha value is -2.64. The summed E-state index contributed by atoms with van der Waals surface area (Å²) in [5.74, 6) is 2.44. The second-order valence-corrected chi connectivity index (χ2v) is 7.62. The smallest absolute Gasteiger partial charge is 0.231 e. The van der Waals surface area contributed by atoms with E-state index in [1.165, 1.54) is 5.56 Å². The zero-order valence-corrected chi connectivity index (χ0v) is 17.8. The van der Waals surface area contributed by atoms with E-state index in [1.54, 1.807) is 14.2 Å². The van der Waals surface area contributed by atoms with E-state index in [2.05, 4.69) is 10.5 Å². The molecule has 0 spiro atoms. The second-order valence-electron chi connectivity index (χ2n) is 7.18. The van der Waals surface area contributed by atoms with Gasteiger partial charge in [0.05, 0.1) is 19.9 Å². The quantitative estimate of drug-likeness (QED) is 0.610. The van der Waals surface area contributed by atoms with Crippen LogP contribution in [-0.4, -0.2) is 45.9 Å². The van der Waals surface area contributed by atoms with Crippen molar-refractivity contribution < 1.29 is 23.8 Å². The molecule has 4 rings (SSSR count). The van der Waals surface area contributed by atoms with E-state index in [1.807, 2.05) is 30.3 Å². The van der Waals surface area contributed by atoms with Crippen molar-refractivity contribution in [2.45, 2.75) is 25.4 Å². The maximum Gasteiger partial charge on any atom is 0.231 e. The molecular weight excluding hydrogens is 408 g/mol. The van der Waals surface area contributed by atoms with Crippen molar-refractivity contribution in [2.75, 3.05) is 34.1 Å². The summed E-state index contributed by atoms with van der Waals surface area (Å²) in [5, 5.41) is 8.43. The second kappa shape index (κ2) is 9.45. The van der Waals surface area contributed by atoms with Crippen molar-refractivity contribution in [3.8, 4) is 23.0 Å². The van der Waals surface area contributed by atoms with Gasteiger partial charge < -0.3 is 29.1 Å². The Bertz CT molecular complexity index is 917. The average Bonchev–Trinajstić information content (AvgIpc) is 3.42. The van der Waals surface area contributed by atoms with E-state index >= 15 is 0 Å². The molecule has 1 atom stereocenters. The van der Waals surface area contributed by atoms with E-state index in [9.17, 15) is 0 Å². The zero-order valence-electron chi connectivity index (χ0n) is 17.1. The van der Waals surface area contributed by atoms with Gasteiger partial charge in [-0.2, -0.15) is 0 Å². The highest BCUT2D eigenvalue weighted by molar-refractivity contribution is 6.30. The molecule has 2 aromatic rings. The van der Waals surface area contributed by atoms with Gasteiger partial charge in [0, 0.05) is 30.0 Å². The number of benzene rings is 2. The number of nitrogens with one attached hydrogen (secondary N) is 1. The highest BCUT2D eigenvalue weighted by Crippen LogP contribution is 2.49. The topological polar surface area (TPSA) is 70.5 Å². The molecule has 160 valence electrons. The molecule has 8 heteroatoms. The minimum absolute atomic E-state index is 0.0583. The van der Waals surface area contributed by atoms with Gasteiger partial charge in [0.2, 0.25) is 18.3 Å². The SMILES string of the molecule is COc1cc(C[C@H]2CC(CNCCc3ccc(Cl)cc3)=NO2)c(OC)c2c1OCO2. The number of nitrogens with zero attached hydrogens (tertiary/aromatic N) is 1. The first-order valence-electron chi connectivity index (χ1n) is 9.88. The summed E-state index contributed by atoms with van der Waals surface area (Å²) in [6, 6.07) is 9.83. The standard InChI is InChI=1S/C22H25ClN2O5/c1-26-19-10-15(20(27-2)22-21(19)28-13-29-22)9-18-11-17(25-30-18)12-24-8-7-14-3-5-16(23)6-4-14/h3-6,10,18,24H,7-9,11-13H2,1-2H3/t18-/m0/s1. The molecule has 0 unspecified atom stereocenters. The first-order chi connectivity index (χ1) is 14.7. The fourth-order valence-electron chi connectivity index (χ4n) is 3.65. The Balaban J connectivity index is 1.29. The molecular formula is C22H25ClN2O5. The molecule has 30 heavy (non-hydrogen) atoms. The van der Waals surface area contributed by atoms with Crippen LogP contribution < -0.4 is 24.3 Å². The molecule has 2 heterocycles. The van der Waals surface area contributed by atoms with Gasteiger partial charge in [-0.05, 0) is 36.7 Å². The third-order valence-corrected chi connectivity index (χ3v) is 5.39. The highest BCUT2D eigenvalue weighted by atomic mass is 35.5. The average molecular weight is 433 g/mol. The summed E-state index contributed by atoms with van der Waals surface area (Å²) in [6.07, 6.45) is 2.27. The van der Waals surface area contributed by atoms with Gasteiger partial charge in [0.25, 0.3) is 0 Å². The lowest BCUT2D eigenvalue weighted by atomic mass is 10.0. The first kappa shape index (κ1) is 20.6. The normalized spacial score (nSPS) is 16.9. The van der Waals surface area contributed by atoms with Crippen LogP contribution in [0.4, 0.5) is 0 Å². The first-order valence-corrected chi connectivity index (χ1v) is 10.3. The van der Waals surface area contributed by atoms with Gasteiger partial charge in [-0.1, -0.05) is 28.9 Å². The van der Waals surface area contributed by atoms with Crippen molar-refractivity contribution in [2.24, 2.45) is 5.16 Å². The molecule has 2 aromatic carbocycles. The van der Waals surface area contributed by atoms with Crippen molar-refractivity contribution in [1.29, 1.82) is 0 Å². The molecule has 2 aliphatic heterocycles. The maximum atomic E-state index is 5.92. The van der Waals surface area contributed by atoms with E-state index in [4.69, 9.17) is 35.4 Å². The lowest BCUT2D eigenvalue weighted by Crippen LogP contribution is -2.25. The molecule has 0 amide bonds. The van der Waals surface area contributed by atoms with Gasteiger partial charge in [-0.3, -0.25) is 0 Å². The predicted octanol–water partition coefficient (Wildman–Crippen LogP) is 3.61. The van der Waals surface area contributed by atoms with E-state index < -0.39 is 0 Å². The Morgan fingerprint density at radius 3 is 2.70 bits per heavy atom. The van der Waals surface area contributed by atoms with Gasteiger partial charge in [-0.25, -0.2) is 0 Å². The highest BCUT2D eigenvalue weighted by Gasteiger charge is 2.30. The molecule has 0 fully saturated rings. The monoisotopic (exact) mass is 432 g/mol. The number of ether oxygens (including phenoxy) is 4. The van der Waals surface area contributed by atoms with Crippen molar-refractivity contribution in [3.63, 3.8) is 0 Å². The molecule has 0 aliphatic carbocycles. The third kappa shape index (κ3) is 4.57. The molecule has 1 N–H and O–H groups in total. The largest absolute Gasteiger partial charge is 0.493 e. The van der Waals surface area contributed by atoms with Gasteiger partial charge in [-0.15, -0.1) is 0 Å². The Morgan fingerprint density at radius 1 is 1.13 bits per heavy atom. The van der Waals surface area contributed by atoms with Crippen LogP contribution in [-0.2, 0) is 17.7 Å². The van der Waals surface area contributed by atoms with E-state index in [-0.39, 0.29) is 12.9 Å². The van der Waals surface area contributed by atoms with Crippen LogP contribution in [0.25, 0.3) is 0 Å². The number of rotatable bonds is 9. The Labute approximate surface area is 180 Å². The fourth-order valence-corrected chi connectivity index (χ4v) is 3.78. The molecule has 2 aliphatic rings. The van der Waals surface area contributed by atoms with Gasteiger partial charge in [0.15, 0.2) is 11.5 Å². The predicted molar refractivity (Wildman–Crippen MR) is 114 cm³/mol. The minimum Gasteiger partial charge on any atom is -0.493 e. The van der Waals surface area contributed by atoms with E-state index in [0.717, 1.165) is 35.7 Å². The molecule has 0 saturated carbocycles. The molecule has 0 aromatic heterocycles. The van der Waals surface area contributed by atoms with Crippen LogP contribution in [0.1, 0.15) is 17.5 Å². The number of hydrogen-bond acceptors (Lipinski definition) is 7. The minimum atomic E-state index is -0.0583. The lowest BCUT2D eigenvalue weighted by Gasteiger charge is -2.15. The van der Waals surface area contributed by atoms with Crippen molar-refractivity contribution in [1.82, 2.24) is 5.32 Å². The lowest BCUT2D eigenvalue weighted by molar-refractivity contribution is 0.0853. The third-order valence-electron chi connectivity index (χ3n) is 5.14. The molecule has 0 radical (unpaired) electrons. The summed E-state index contributed by atoms with van der Waals surface area (Å²) in [5.41, 5.74) is 3.19. The van der Waals surface area contributed by atoms with E-state index in [0.29, 0.717) is 36.0 Å². The Morgan fingerprint density at radius 2 is 1.93 bits per heavy atom. The Kier molecular flexibility index (Phi) is 6.50. The summed E-state index contributed by atoms with van der Waals surface area (Å²) >= 11 is 5.92. The summed E-state index contributed by atoms with van der Waals surface area (Å²) in [6.45, 7) is 1.71. The van der Waals surface area contributed by atoms with Crippen LogP contribution >= 0.6 is 11.6 Å². The number of methoxy groups -OCH3 is 2.